The molecule has 0 aromatic carbocycles. The van der Waals surface area contributed by atoms with Crippen LogP contribution in [0.15, 0.2) is 37.6 Å². The van der Waals surface area contributed by atoms with Crippen LogP contribution in [0.3, 0.4) is 0 Å². The third-order valence-corrected chi connectivity index (χ3v) is 1.76. The Hall–Kier alpha value is -1.61. The van der Waals surface area contributed by atoms with Crippen molar-refractivity contribution in [1.82, 2.24) is 9.97 Å². The van der Waals surface area contributed by atoms with Crippen molar-refractivity contribution >= 4 is 22.9 Å². The van der Waals surface area contributed by atoms with E-state index in [0.717, 1.165) is 5.57 Å². The van der Waals surface area contributed by atoms with E-state index in [0.29, 0.717) is 11.4 Å². The van der Waals surface area contributed by atoms with Crippen LogP contribution in [-0.2, 0) is 0 Å². The summed E-state index contributed by atoms with van der Waals surface area (Å²) in [7, 11) is 0. The molecule has 1 rings (SSSR count). The van der Waals surface area contributed by atoms with Gasteiger partial charge in [0.1, 0.15) is 0 Å². The number of nitrogens with zero attached hydrogens (tertiary/aromatic N) is 2. The third-order valence-electron chi connectivity index (χ3n) is 1.58. The van der Waals surface area contributed by atoms with E-state index < -0.39 is 0 Å². The van der Waals surface area contributed by atoms with Gasteiger partial charge in [-0.1, -0.05) is 31.4 Å². The molecule has 0 saturated heterocycles. The predicted molar refractivity (Wildman–Crippen MR) is 59.8 cm³/mol. The minimum Gasteiger partial charge on any atom is -0.396 e. The van der Waals surface area contributed by atoms with Gasteiger partial charge in [0.25, 0.3) is 0 Å². The Labute approximate surface area is 87.6 Å². The molecule has 1 aromatic rings. The highest BCUT2D eigenvalue weighted by atomic mass is 35.5. The van der Waals surface area contributed by atoms with Gasteiger partial charge in [0, 0.05) is 5.57 Å². The quantitative estimate of drug-likeness (QED) is 0.612. The lowest BCUT2D eigenvalue weighted by atomic mass is 10.1. The number of rotatable bonds is 3. The van der Waals surface area contributed by atoms with Gasteiger partial charge in [-0.2, -0.15) is 0 Å². The Kier molecular flexibility index (Phi) is 3.42. The van der Waals surface area contributed by atoms with Gasteiger partial charge < -0.3 is 5.73 Å². The van der Waals surface area contributed by atoms with Crippen LogP contribution < -0.4 is 5.73 Å². The summed E-state index contributed by atoms with van der Waals surface area (Å²) in [5.41, 5.74) is 7.49. The SMILES string of the molecule is C=C/C=C(\C=C)c1nc(Cl)ncc1N. The summed E-state index contributed by atoms with van der Waals surface area (Å²) in [5.74, 6) is 0. The Morgan fingerprint density at radius 1 is 1.50 bits per heavy atom. The second-order valence-corrected chi connectivity index (χ2v) is 2.84. The van der Waals surface area contributed by atoms with E-state index in [9.17, 15) is 0 Å². The van der Waals surface area contributed by atoms with Crippen molar-refractivity contribution in [3.8, 4) is 0 Å². The Morgan fingerprint density at radius 3 is 2.79 bits per heavy atom. The third kappa shape index (κ3) is 2.20. The second-order valence-electron chi connectivity index (χ2n) is 2.50. The normalized spacial score (nSPS) is 11.1. The number of aromatic nitrogens is 2. The highest BCUT2D eigenvalue weighted by Crippen LogP contribution is 2.20. The van der Waals surface area contributed by atoms with Gasteiger partial charge in [-0.15, -0.1) is 0 Å². The number of nitrogens with two attached hydrogens (primary N) is 1. The summed E-state index contributed by atoms with van der Waals surface area (Å²) in [4.78, 5) is 7.76. The van der Waals surface area contributed by atoms with Gasteiger partial charge >= 0.3 is 0 Å². The van der Waals surface area contributed by atoms with Gasteiger partial charge in [0.05, 0.1) is 17.6 Å². The molecule has 72 valence electrons. The fourth-order valence-corrected chi connectivity index (χ4v) is 1.10. The summed E-state index contributed by atoms with van der Waals surface area (Å²) >= 11 is 5.65. The first-order valence-corrected chi connectivity index (χ1v) is 4.30. The summed E-state index contributed by atoms with van der Waals surface area (Å²) < 4.78 is 0. The van der Waals surface area contributed by atoms with Crippen molar-refractivity contribution in [2.24, 2.45) is 0 Å². The zero-order valence-corrected chi connectivity index (χ0v) is 8.33. The molecule has 0 aliphatic heterocycles. The summed E-state index contributed by atoms with van der Waals surface area (Å²) in [5, 5.41) is 0.158. The fourth-order valence-electron chi connectivity index (χ4n) is 0.971. The highest BCUT2D eigenvalue weighted by Gasteiger charge is 2.05. The van der Waals surface area contributed by atoms with Crippen molar-refractivity contribution in [3.05, 3.63) is 48.6 Å². The van der Waals surface area contributed by atoms with E-state index in [4.69, 9.17) is 17.3 Å². The van der Waals surface area contributed by atoms with Crippen molar-refractivity contribution in [1.29, 1.82) is 0 Å². The molecule has 0 saturated carbocycles. The Balaban J connectivity index is 3.28. The van der Waals surface area contributed by atoms with Gasteiger partial charge in [-0.05, 0) is 11.6 Å². The van der Waals surface area contributed by atoms with E-state index in [1.807, 2.05) is 0 Å². The molecule has 0 unspecified atom stereocenters. The number of halogens is 1. The van der Waals surface area contributed by atoms with Crippen molar-refractivity contribution in [3.63, 3.8) is 0 Å². The van der Waals surface area contributed by atoms with E-state index >= 15 is 0 Å². The van der Waals surface area contributed by atoms with Crippen molar-refractivity contribution in [2.75, 3.05) is 5.73 Å². The number of nitrogen functional groups attached to an aromatic ring is 1. The van der Waals surface area contributed by atoms with Crippen LogP contribution in [-0.4, -0.2) is 9.97 Å². The molecule has 3 nitrogen and oxygen atoms in total. The van der Waals surface area contributed by atoms with Crippen LogP contribution in [0, 0.1) is 0 Å². The molecule has 1 heterocycles. The zero-order chi connectivity index (χ0) is 10.6. The summed E-state index contributed by atoms with van der Waals surface area (Å²) in [6, 6.07) is 0. The van der Waals surface area contributed by atoms with Crippen molar-refractivity contribution < 1.29 is 0 Å². The van der Waals surface area contributed by atoms with Crippen molar-refractivity contribution in [2.45, 2.75) is 0 Å². The number of hydrogen-bond acceptors (Lipinski definition) is 3. The molecule has 0 aliphatic carbocycles. The molecule has 0 amide bonds. The Bertz CT molecular complexity index is 396. The van der Waals surface area contributed by atoms with Crippen LogP contribution in [0.4, 0.5) is 5.69 Å². The van der Waals surface area contributed by atoms with Gasteiger partial charge in [-0.3, -0.25) is 0 Å². The maximum absolute atomic E-state index is 5.69. The minimum absolute atomic E-state index is 0.158. The van der Waals surface area contributed by atoms with Gasteiger partial charge in [0.15, 0.2) is 0 Å². The molecule has 0 spiro atoms. The zero-order valence-electron chi connectivity index (χ0n) is 7.57. The largest absolute Gasteiger partial charge is 0.396 e. The molecule has 0 aliphatic rings. The lowest BCUT2D eigenvalue weighted by molar-refractivity contribution is 1.15. The molecular weight excluding hydrogens is 198 g/mol. The number of allylic oxidation sites excluding steroid dienone is 4. The molecule has 0 fully saturated rings. The molecule has 0 bridgehead atoms. The fraction of sp³-hybridized carbons (Fsp3) is 0. The van der Waals surface area contributed by atoms with Gasteiger partial charge in [-0.25, -0.2) is 9.97 Å². The maximum atomic E-state index is 5.69. The first-order chi connectivity index (χ1) is 6.69. The van der Waals surface area contributed by atoms with Crippen LogP contribution >= 0.6 is 11.6 Å². The molecule has 0 radical (unpaired) electrons. The molecule has 0 atom stereocenters. The number of hydrogen-bond donors (Lipinski definition) is 1. The van der Waals surface area contributed by atoms with E-state index in [1.54, 1.807) is 18.2 Å². The number of anilines is 1. The molecular formula is C10H10ClN3. The second kappa shape index (κ2) is 4.58. The average molecular weight is 208 g/mol. The predicted octanol–water partition coefficient (Wildman–Crippen LogP) is 2.47. The van der Waals surface area contributed by atoms with E-state index in [-0.39, 0.29) is 5.28 Å². The van der Waals surface area contributed by atoms with Gasteiger partial charge in [0.2, 0.25) is 5.28 Å². The van der Waals surface area contributed by atoms with E-state index in [1.165, 1.54) is 6.20 Å². The smallest absolute Gasteiger partial charge is 0.223 e. The van der Waals surface area contributed by atoms with Crippen LogP contribution in [0.1, 0.15) is 5.69 Å². The molecule has 14 heavy (non-hydrogen) atoms. The first kappa shape index (κ1) is 10.5. The minimum atomic E-state index is 0.158. The van der Waals surface area contributed by atoms with E-state index in [2.05, 4.69) is 23.1 Å². The highest BCUT2D eigenvalue weighted by molar-refractivity contribution is 6.28. The maximum Gasteiger partial charge on any atom is 0.223 e. The topological polar surface area (TPSA) is 51.8 Å². The molecule has 2 N–H and O–H groups in total. The van der Waals surface area contributed by atoms with Crippen LogP contribution in [0.25, 0.3) is 5.57 Å². The van der Waals surface area contributed by atoms with Crippen LogP contribution in [0.5, 0.6) is 0 Å². The molecule has 1 aromatic heterocycles. The lowest BCUT2D eigenvalue weighted by Crippen LogP contribution is -1.98. The standard InChI is InChI=1S/C10H10ClN3/c1-3-5-7(4-2)9-8(12)6-13-10(11)14-9/h3-6H,1-2,12H2/b7-5+. The first-order valence-electron chi connectivity index (χ1n) is 3.92. The molecule has 4 heteroatoms. The Morgan fingerprint density at radius 2 is 2.21 bits per heavy atom. The lowest BCUT2D eigenvalue weighted by Gasteiger charge is -2.04. The van der Waals surface area contributed by atoms with Crippen LogP contribution in [0.2, 0.25) is 5.28 Å². The average Bonchev–Trinajstić information content (AvgIpc) is 2.18. The summed E-state index contributed by atoms with van der Waals surface area (Å²) in [6.45, 7) is 7.24. The monoisotopic (exact) mass is 207 g/mol. The summed E-state index contributed by atoms with van der Waals surface area (Å²) in [6.07, 6.45) is 6.48.